The van der Waals surface area contributed by atoms with Crippen molar-refractivity contribution in [1.29, 1.82) is 0 Å². The molecule has 398 valence electrons. The van der Waals surface area contributed by atoms with E-state index in [1.807, 2.05) is 94.1 Å². The van der Waals surface area contributed by atoms with Gasteiger partial charge in [0.05, 0.1) is 33.8 Å². The number of nitrogens with zero attached hydrogens (tertiary/aromatic N) is 1. The second-order valence-corrected chi connectivity index (χ2v) is 21.3. The smallest absolute Gasteiger partial charge is 0.456 e. The molecule has 0 rings (SSSR count). The molecule has 1 amide bonds. The lowest BCUT2D eigenvalue weighted by Gasteiger charge is -2.27. The van der Waals surface area contributed by atoms with Crippen molar-refractivity contribution in [2.24, 2.45) is 0 Å². The van der Waals surface area contributed by atoms with E-state index in [2.05, 4.69) is 38.2 Å². The van der Waals surface area contributed by atoms with Gasteiger partial charge in [0.25, 0.3) is 0 Å². The van der Waals surface area contributed by atoms with E-state index in [1.54, 1.807) is 0 Å². The quantitative estimate of drug-likeness (QED) is 0.0156. The maximum Gasteiger partial charge on any atom is 0.472 e. The number of amides is 1. The van der Waals surface area contributed by atoms with E-state index in [4.69, 9.17) is 13.8 Å². The molecule has 0 saturated carbocycles. The fourth-order valence-electron chi connectivity index (χ4n) is 7.68. The van der Waals surface area contributed by atoms with E-state index in [0.717, 1.165) is 64.2 Å². The number of carbonyl (C=O) groups is 2. The maximum absolute atomic E-state index is 13.5. The average Bonchev–Trinajstić information content (AvgIpc) is 3.31. The molecule has 0 fully saturated rings. The normalized spacial score (nSPS) is 14.5. The van der Waals surface area contributed by atoms with E-state index in [-0.39, 0.29) is 31.5 Å². The summed E-state index contributed by atoms with van der Waals surface area (Å²) in [7, 11) is 1.46. The van der Waals surface area contributed by atoms with E-state index < -0.39 is 20.0 Å². The Morgan fingerprint density at radius 3 is 1.41 bits per heavy atom. The Morgan fingerprint density at radius 1 is 0.522 bits per heavy atom. The number of hydrogen-bond donors (Lipinski definition) is 2. The molecular weight excluding hydrogens is 880 g/mol. The molecule has 9 nitrogen and oxygen atoms in total. The molecule has 0 heterocycles. The van der Waals surface area contributed by atoms with Crippen LogP contribution in [0.2, 0.25) is 0 Å². The highest BCUT2D eigenvalue weighted by molar-refractivity contribution is 7.47. The third kappa shape index (κ3) is 49.9. The topological polar surface area (TPSA) is 111 Å². The molecule has 2 N–H and O–H groups in total. The highest BCUT2D eigenvalue weighted by Crippen LogP contribution is 2.43. The van der Waals surface area contributed by atoms with Gasteiger partial charge in [-0.25, -0.2) is 4.57 Å². The van der Waals surface area contributed by atoms with Crippen LogP contribution in [0.3, 0.4) is 0 Å². The minimum atomic E-state index is -4.45. The van der Waals surface area contributed by atoms with Crippen LogP contribution in [-0.2, 0) is 27.9 Å². The molecule has 0 spiro atoms. The molecule has 3 unspecified atom stereocenters. The van der Waals surface area contributed by atoms with Crippen molar-refractivity contribution in [3.63, 3.8) is 0 Å². The summed E-state index contributed by atoms with van der Waals surface area (Å²) in [5.41, 5.74) is 0. The van der Waals surface area contributed by atoms with Crippen LogP contribution in [0.1, 0.15) is 226 Å². The molecule has 0 aliphatic rings. The Kier molecular flexibility index (Phi) is 46.8. The lowest BCUT2D eigenvalue weighted by atomic mass is 10.0. The Labute approximate surface area is 425 Å². The first-order valence-electron chi connectivity index (χ1n) is 28.0. The Morgan fingerprint density at radius 2 is 0.928 bits per heavy atom. The van der Waals surface area contributed by atoms with E-state index in [0.29, 0.717) is 23.9 Å². The predicted octanol–water partition coefficient (Wildman–Crippen LogP) is 16.7. The largest absolute Gasteiger partial charge is 0.472 e. The van der Waals surface area contributed by atoms with Crippen LogP contribution in [-0.4, -0.2) is 74.3 Å². The molecule has 0 saturated heterocycles. The van der Waals surface area contributed by atoms with E-state index >= 15 is 0 Å². The molecule has 0 aromatic rings. The van der Waals surface area contributed by atoms with Gasteiger partial charge < -0.3 is 19.4 Å². The fourth-order valence-corrected chi connectivity index (χ4v) is 8.41. The monoisotopic (exact) mass is 986 g/mol. The van der Waals surface area contributed by atoms with Gasteiger partial charge in [0.1, 0.15) is 19.3 Å². The van der Waals surface area contributed by atoms with Crippen molar-refractivity contribution in [3.8, 4) is 0 Å². The SMILES string of the molecule is CC\C=C/C=C/C=C/C=C\C=C\C=C\CCCCCC(=O)OC(/C=C/CCCCCCCCCCCC)C(COP(=O)(O)OCC[N+](C)(C)C)NC(=O)CCCCCCCCCCCCCCCC. The molecule has 0 aliphatic heterocycles. The number of phosphoric acid groups is 1. The third-order valence-corrected chi connectivity index (χ3v) is 13.0. The molecule has 69 heavy (non-hydrogen) atoms. The van der Waals surface area contributed by atoms with Crippen molar-refractivity contribution in [2.75, 3.05) is 40.9 Å². The molecule has 10 heteroatoms. The summed E-state index contributed by atoms with van der Waals surface area (Å²) >= 11 is 0. The van der Waals surface area contributed by atoms with Crippen LogP contribution in [0.15, 0.2) is 85.1 Å². The molecular formula is C59H106N2O7P+. The second-order valence-electron chi connectivity index (χ2n) is 19.9. The molecule has 0 radical (unpaired) electrons. The fraction of sp³-hybridized carbons (Fsp3) is 0.729. The van der Waals surface area contributed by atoms with E-state index in [9.17, 15) is 19.0 Å². The van der Waals surface area contributed by atoms with Crippen molar-refractivity contribution in [3.05, 3.63) is 85.1 Å². The van der Waals surface area contributed by atoms with Gasteiger partial charge in [-0.05, 0) is 51.0 Å². The summed E-state index contributed by atoms with van der Waals surface area (Å²) in [4.78, 5) is 37.5. The van der Waals surface area contributed by atoms with Crippen molar-refractivity contribution < 1.29 is 37.3 Å². The van der Waals surface area contributed by atoms with Crippen LogP contribution < -0.4 is 5.32 Å². The van der Waals surface area contributed by atoms with Gasteiger partial charge in [0.15, 0.2) is 0 Å². The van der Waals surface area contributed by atoms with Crippen LogP contribution in [0.25, 0.3) is 0 Å². The number of allylic oxidation sites excluding steroid dienone is 13. The number of quaternary nitrogens is 1. The summed E-state index contributed by atoms with van der Waals surface area (Å²) in [6.07, 6.45) is 62.8. The third-order valence-electron chi connectivity index (χ3n) is 12.0. The average molecular weight is 986 g/mol. The predicted molar refractivity (Wildman–Crippen MR) is 295 cm³/mol. The summed E-state index contributed by atoms with van der Waals surface area (Å²) in [5, 5.41) is 3.03. The van der Waals surface area contributed by atoms with Gasteiger partial charge >= 0.3 is 13.8 Å². The van der Waals surface area contributed by atoms with Crippen LogP contribution >= 0.6 is 7.82 Å². The molecule has 3 atom stereocenters. The molecule has 0 aromatic heterocycles. The van der Waals surface area contributed by atoms with Gasteiger partial charge in [-0.1, -0.05) is 247 Å². The molecule has 0 aliphatic carbocycles. The number of esters is 1. The second kappa shape index (κ2) is 48.8. The number of likely N-dealkylation sites (N-methyl/N-ethyl adjacent to an activating group) is 1. The number of unbranched alkanes of at least 4 members (excludes halogenated alkanes) is 26. The maximum atomic E-state index is 13.5. The minimum Gasteiger partial charge on any atom is -0.456 e. The lowest BCUT2D eigenvalue weighted by molar-refractivity contribution is -0.870. The highest BCUT2D eigenvalue weighted by atomic mass is 31.2. The zero-order chi connectivity index (χ0) is 50.8. The summed E-state index contributed by atoms with van der Waals surface area (Å²) < 4.78 is 30.5. The first-order chi connectivity index (χ1) is 33.4. The first-order valence-corrected chi connectivity index (χ1v) is 29.5. The number of nitrogens with one attached hydrogen (secondary N) is 1. The molecule has 0 aromatic carbocycles. The Bertz CT molecular complexity index is 1460. The zero-order valence-corrected chi connectivity index (χ0v) is 46.2. The number of carbonyl (C=O) groups excluding carboxylic acids is 2. The summed E-state index contributed by atoms with van der Waals surface area (Å²) in [6, 6.07) is -0.867. The van der Waals surface area contributed by atoms with Crippen molar-refractivity contribution in [2.45, 2.75) is 238 Å². The van der Waals surface area contributed by atoms with Gasteiger partial charge in [-0.15, -0.1) is 0 Å². The first kappa shape index (κ1) is 66.2. The van der Waals surface area contributed by atoms with Crippen LogP contribution in [0.5, 0.6) is 0 Å². The highest BCUT2D eigenvalue weighted by Gasteiger charge is 2.30. The van der Waals surface area contributed by atoms with Crippen molar-refractivity contribution >= 4 is 19.7 Å². The van der Waals surface area contributed by atoms with Gasteiger partial charge in [-0.3, -0.25) is 18.6 Å². The Balaban J connectivity index is 5.47. The van der Waals surface area contributed by atoms with Gasteiger partial charge in [0, 0.05) is 12.8 Å². The summed E-state index contributed by atoms with van der Waals surface area (Å²) in [6.45, 7) is 6.82. The number of phosphoric ester groups is 1. The molecule has 0 bridgehead atoms. The van der Waals surface area contributed by atoms with Crippen LogP contribution in [0.4, 0.5) is 0 Å². The van der Waals surface area contributed by atoms with E-state index in [1.165, 1.54) is 122 Å². The zero-order valence-electron chi connectivity index (χ0n) is 45.3. The lowest BCUT2D eigenvalue weighted by Crippen LogP contribution is -2.47. The Hall–Kier alpha value is -2.81. The standard InChI is InChI=1S/C59H105N2O7P/c1-7-10-13-16-19-22-25-28-30-31-32-34-37-40-43-46-49-52-59(63)68-57(50-47-44-41-38-35-27-24-21-18-15-12-9-3)56(55-67-69(64,65)66-54-53-61(4,5)6)60-58(62)51-48-45-42-39-36-33-29-26-23-20-17-14-11-8-2/h10,13,16,19,22,25,28,30-32,34,37,47,50,56-57H,7-9,11-12,14-15,17-18,20-21,23-24,26-27,29,33,35-36,38-46,48-49,51-55H2,1-6H3,(H-,60,62,64,65)/p+1/b13-10-,19-16+,25-22+,30-28-,32-31+,37-34+,50-47+. The van der Waals surface area contributed by atoms with Gasteiger partial charge in [-0.2, -0.15) is 0 Å². The van der Waals surface area contributed by atoms with Crippen LogP contribution in [0, 0.1) is 0 Å². The summed E-state index contributed by atoms with van der Waals surface area (Å²) in [5.74, 6) is -0.557. The van der Waals surface area contributed by atoms with Crippen molar-refractivity contribution in [1.82, 2.24) is 5.32 Å². The number of ether oxygens (including phenoxy) is 1. The minimum absolute atomic E-state index is 0.0300. The van der Waals surface area contributed by atoms with Gasteiger partial charge in [0.2, 0.25) is 5.91 Å². The number of rotatable bonds is 49. The number of hydrogen-bond acceptors (Lipinski definition) is 6.